The maximum absolute atomic E-state index is 12.0. The van der Waals surface area contributed by atoms with Crippen LogP contribution in [0.2, 0.25) is 0 Å². The topological polar surface area (TPSA) is 0 Å². The zero-order valence-corrected chi connectivity index (χ0v) is 6.01. The van der Waals surface area contributed by atoms with E-state index in [1.54, 1.807) is 6.92 Å². The van der Waals surface area contributed by atoms with Crippen molar-refractivity contribution in [1.82, 2.24) is 0 Å². The van der Waals surface area contributed by atoms with Crippen molar-refractivity contribution in [2.75, 3.05) is 12.8 Å². The first kappa shape index (κ1) is 8.03. The Labute approximate surface area is 49.2 Å². The third kappa shape index (κ3) is 6.03. The highest BCUT2D eigenvalue weighted by atomic mass is 31.2. The van der Waals surface area contributed by atoms with Gasteiger partial charge in [-0.3, -0.25) is 0 Å². The molecule has 0 aromatic carbocycles. The van der Waals surface area contributed by atoms with Crippen molar-refractivity contribution in [2.24, 2.45) is 0 Å². The molecule has 48 valence electrons. The Balaban J connectivity index is 3.55. The molecule has 0 bridgehead atoms. The van der Waals surface area contributed by atoms with Crippen LogP contribution < -0.4 is 0 Å². The van der Waals surface area contributed by atoms with Crippen LogP contribution in [-0.4, -0.2) is 12.8 Å². The molecule has 0 aromatic rings. The van der Waals surface area contributed by atoms with Crippen molar-refractivity contribution in [3.05, 3.63) is 12.2 Å². The Kier molecular flexibility index (Phi) is 2.55. The van der Waals surface area contributed by atoms with Crippen molar-refractivity contribution in [3.63, 3.8) is 0 Å². The molecule has 0 aromatic heterocycles. The zero-order valence-electron chi connectivity index (χ0n) is 5.12. The first-order valence-corrected chi connectivity index (χ1v) is 4.51. The van der Waals surface area contributed by atoms with Crippen molar-refractivity contribution < 1.29 is 8.39 Å². The smallest absolute Gasteiger partial charge is 0.0963 e. The summed E-state index contributed by atoms with van der Waals surface area (Å²) in [4.78, 5) is 0. The highest BCUT2D eigenvalue weighted by Gasteiger charge is 2.32. The average molecular weight is 139 g/mol. The highest BCUT2D eigenvalue weighted by Crippen LogP contribution is 2.59. The number of hydrogen-bond acceptors (Lipinski definition) is 0. The second kappa shape index (κ2) is 2.54. The molecule has 0 spiro atoms. The van der Waals surface area contributed by atoms with E-state index >= 15 is 0 Å². The van der Waals surface area contributed by atoms with Crippen LogP contribution in [0.25, 0.3) is 0 Å². The summed E-state index contributed by atoms with van der Waals surface area (Å²) >= 11 is 0. The van der Waals surface area contributed by atoms with Crippen LogP contribution in [0.15, 0.2) is 12.2 Å². The van der Waals surface area contributed by atoms with E-state index in [2.05, 4.69) is 6.58 Å². The van der Waals surface area contributed by atoms with Gasteiger partial charge in [-0.05, 0) is 20.9 Å². The van der Waals surface area contributed by atoms with E-state index in [-0.39, 0.29) is 6.16 Å². The minimum Gasteiger partial charge on any atom is -0.0963 e. The van der Waals surface area contributed by atoms with Gasteiger partial charge >= 0.3 is 7.88 Å². The normalized spacial score (nSPS) is 11.5. The number of hydrogen-bond donors (Lipinski definition) is 0. The quantitative estimate of drug-likeness (QED) is 0.407. The molecule has 0 fully saturated rings. The van der Waals surface area contributed by atoms with Gasteiger partial charge in [0.15, 0.2) is 0 Å². The largest absolute Gasteiger partial charge is 0.388 e. The van der Waals surface area contributed by atoms with E-state index < -0.39 is 7.88 Å². The Morgan fingerprint density at radius 3 is 2.00 bits per heavy atom. The molecule has 3 heteroatoms. The summed E-state index contributed by atoms with van der Waals surface area (Å²) in [7, 11) is -3.57. The molecule has 0 heterocycles. The predicted octanol–water partition coefficient (Wildman–Crippen LogP) is 2.98. The molecule has 0 aliphatic carbocycles. The maximum Gasteiger partial charge on any atom is 0.388 e. The molecule has 0 amide bonds. The van der Waals surface area contributed by atoms with Gasteiger partial charge in [-0.1, -0.05) is 6.58 Å². The van der Waals surface area contributed by atoms with Crippen LogP contribution in [0.5, 0.6) is 0 Å². The lowest BCUT2D eigenvalue weighted by Crippen LogP contribution is -1.84. The molecule has 0 unspecified atom stereocenters. The van der Waals surface area contributed by atoms with Crippen LogP contribution in [0, 0.1) is 0 Å². The van der Waals surface area contributed by atoms with Gasteiger partial charge in [-0.2, -0.15) is 0 Å². The van der Waals surface area contributed by atoms with E-state index in [9.17, 15) is 8.39 Å². The van der Waals surface area contributed by atoms with Crippen molar-refractivity contribution >= 4 is 7.88 Å². The number of rotatable bonds is 2. The zero-order chi connectivity index (χ0) is 6.78. The number of allylic oxidation sites excluding steroid dienone is 1. The van der Waals surface area contributed by atoms with Crippen LogP contribution in [0.3, 0.4) is 0 Å². The molecule has 0 radical (unpaired) electrons. The van der Waals surface area contributed by atoms with Crippen molar-refractivity contribution in [2.45, 2.75) is 6.92 Å². The molecule has 8 heavy (non-hydrogen) atoms. The Morgan fingerprint density at radius 1 is 1.62 bits per heavy atom. The van der Waals surface area contributed by atoms with E-state index in [0.717, 1.165) is 6.66 Å². The second-order valence-electron chi connectivity index (χ2n) is 2.07. The van der Waals surface area contributed by atoms with Crippen LogP contribution in [0.4, 0.5) is 8.39 Å². The van der Waals surface area contributed by atoms with Crippen LogP contribution in [-0.2, 0) is 0 Å². The molecule has 0 N–H and O–H groups in total. The summed E-state index contributed by atoms with van der Waals surface area (Å²) < 4.78 is 24.0. The minimum atomic E-state index is -3.57. The van der Waals surface area contributed by atoms with E-state index in [0.29, 0.717) is 5.57 Å². The highest BCUT2D eigenvalue weighted by molar-refractivity contribution is 7.65. The van der Waals surface area contributed by atoms with Gasteiger partial charge < -0.3 is 0 Å². The van der Waals surface area contributed by atoms with Gasteiger partial charge in [-0.25, -0.2) is 0 Å². The monoisotopic (exact) mass is 139 g/mol. The Bertz CT molecular complexity index is 93.1. The lowest BCUT2D eigenvalue weighted by molar-refractivity contribution is 0.715. The fourth-order valence-corrected chi connectivity index (χ4v) is 1.42. The molecule has 0 rings (SSSR count). The van der Waals surface area contributed by atoms with E-state index in [4.69, 9.17) is 0 Å². The lowest BCUT2D eigenvalue weighted by atomic mass is 10.4. The summed E-state index contributed by atoms with van der Waals surface area (Å²) in [6, 6.07) is 0. The summed E-state index contributed by atoms with van der Waals surface area (Å²) in [6.07, 6.45) is -0.0903. The third-order valence-electron chi connectivity index (χ3n) is 0.548. The van der Waals surface area contributed by atoms with Crippen LogP contribution in [0.1, 0.15) is 6.92 Å². The SMILES string of the molecule is C=C(C)C[P+](C)(F)F. The average Bonchev–Trinajstić information content (AvgIpc) is 1.21. The summed E-state index contributed by atoms with van der Waals surface area (Å²) in [5.74, 6) is 0. The molecular weight excluding hydrogens is 129 g/mol. The predicted molar refractivity (Wildman–Crippen MR) is 34.7 cm³/mol. The van der Waals surface area contributed by atoms with Gasteiger partial charge in [-0.15, -0.1) is 0 Å². The van der Waals surface area contributed by atoms with Gasteiger partial charge in [0.1, 0.15) is 12.8 Å². The molecule has 0 atom stereocenters. The summed E-state index contributed by atoms with van der Waals surface area (Å²) in [5, 5.41) is 0. The third-order valence-corrected chi connectivity index (χ3v) is 1.64. The van der Waals surface area contributed by atoms with Gasteiger partial charge in [0, 0.05) is 0 Å². The molecule has 0 aliphatic heterocycles. The Hall–Kier alpha value is 0.0300. The van der Waals surface area contributed by atoms with Gasteiger partial charge in [0.25, 0.3) is 0 Å². The Morgan fingerprint density at radius 2 is 2.00 bits per heavy atom. The molecule has 0 nitrogen and oxygen atoms in total. The van der Waals surface area contributed by atoms with E-state index in [1.165, 1.54) is 0 Å². The number of halogens is 2. The molecular formula is C5H10F2P+. The fourth-order valence-electron chi connectivity index (χ4n) is 0.474. The first-order chi connectivity index (χ1) is 3.42. The lowest BCUT2D eigenvalue weighted by Gasteiger charge is -1.95. The standard InChI is InChI=1S/C5H10F2P/c1-5(2)4-8(3,6)7/h1,4H2,2-3H3/q+1. The second-order valence-corrected chi connectivity index (χ2v) is 4.30. The first-order valence-electron chi connectivity index (χ1n) is 2.31. The maximum atomic E-state index is 12.0. The van der Waals surface area contributed by atoms with Crippen molar-refractivity contribution in [1.29, 1.82) is 0 Å². The fraction of sp³-hybridized carbons (Fsp3) is 0.600. The van der Waals surface area contributed by atoms with Crippen molar-refractivity contribution in [3.8, 4) is 0 Å². The molecule has 0 saturated heterocycles. The van der Waals surface area contributed by atoms with E-state index in [1.807, 2.05) is 0 Å². The molecule has 0 saturated carbocycles. The van der Waals surface area contributed by atoms with Gasteiger partial charge in [0.2, 0.25) is 0 Å². The summed E-state index contributed by atoms with van der Waals surface area (Å²) in [6.45, 7) is 6.01. The summed E-state index contributed by atoms with van der Waals surface area (Å²) in [5.41, 5.74) is 0.575. The molecule has 0 aliphatic rings. The van der Waals surface area contributed by atoms with Gasteiger partial charge in [0.05, 0.1) is 0 Å². The van der Waals surface area contributed by atoms with Crippen LogP contribution >= 0.6 is 7.88 Å². The minimum absolute atomic E-state index is 0.0903.